The molecule has 0 fully saturated rings. The first-order chi connectivity index (χ1) is 8.69. The number of carbonyl (C=O) groups is 1. The van der Waals surface area contributed by atoms with Crippen molar-refractivity contribution in [3.05, 3.63) is 33.3 Å². The van der Waals surface area contributed by atoms with Crippen molar-refractivity contribution in [3.63, 3.8) is 0 Å². The zero-order valence-corrected chi connectivity index (χ0v) is 9.79. The van der Waals surface area contributed by atoms with E-state index in [9.17, 15) is 28.1 Å². The van der Waals surface area contributed by atoms with Crippen LogP contribution in [0.5, 0.6) is 0 Å². The molecule has 0 atom stereocenters. The maximum atomic E-state index is 11.8. The molecule has 0 aliphatic rings. The first kappa shape index (κ1) is 15.0. The second kappa shape index (κ2) is 5.74. The SMILES string of the molecule is O=C(Nc1cc([N+](=O)[O-])ccc1Cl)OCC(F)(F)F. The van der Waals surface area contributed by atoms with Crippen LogP contribution in [0.1, 0.15) is 0 Å². The molecule has 10 heteroatoms. The molecule has 0 heterocycles. The molecular weight excluding hydrogens is 293 g/mol. The fourth-order valence-electron chi connectivity index (χ4n) is 1.02. The molecule has 0 saturated carbocycles. The van der Waals surface area contributed by atoms with Crippen LogP contribution in [-0.4, -0.2) is 23.8 Å². The lowest BCUT2D eigenvalue weighted by Gasteiger charge is -2.09. The molecule has 104 valence electrons. The van der Waals surface area contributed by atoms with Gasteiger partial charge in [-0.1, -0.05) is 11.6 Å². The van der Waals surface area contributed by atoms with E-state index in [0.29, 0.717) is 0 Å². The number of amides is 1. The summed E-state index contributed by atoms with van der Waals surface area (Å²) in [6.07, 6.45) is -6.08. The van der Waals surface area contributed by atoms with E-state index < -0.39 is 23.8 Å². The number of nitro groups is 1. The van der Waals surface area contributed by atoms with Crippen molar-refractivity contribution in [2.24, 2.45) is 0 Å². The summed E-state index contributed by atoms with van der Waals surface area (Å²) in [7, 11) is 0. The Hall–Kier alpha value is -2.03. The van der Waals surface area contributed by atoms with E-state index in [-0.39, 0.29) is 16.4 Å². The number of nitro benzene ring substituents is 1. The summed E-state index contributed by atoms with van der Waals surface area (Å²) in [5.74, 6) is 0. The number of ether oxygens (including phenoxy) is 1. The lowest BCUT2D eigenvalue weighted by Crippen LogP contribution is -2.23. The lowest BCUT2D eigenvalue weighted by atomic mass is 10.3. The van der Waals surface area contributed by atoms with Gasteiger partial charge >= 0.3 is 12.3 Å². The van der Waals surface area contributed by atoms with Gasteiger partial charge in [0.1, 0.15) is 0 Å². The average molecular weight is 299 g/mol. The van der Waals surface area contributed by atoms with E-state index in [2.05, 4.69) is 4.74 Å². The molecule has 1 aromatic rings. The number of nitrogens with one attached hydrogen (secondary N) is 1. The molecule has 6 nitrogen and oxygen atoms in total. The van der Waals surface area contributed by atoms with Crippen molar-refractivity contribution < 1.29 is 27.6 Å². The minimum Gasteiger partial charge on any atom is -0.440 e. The quantitative estimate of drug-likeness (QED) is 0.685. The summed E-state index contributed by atoms with van der Waals surface area (Å²) in [6.45, 7) is -1.77. The first-order valence-corrected chi connectivity index (χ1v) is 5.01. The monoisotopic (exact) mass is 298 g/mol. The van der Waals surface area contributed by atoms with E-state index in [1.165, 1.54) is 0 Å². The van der Waals surface area contributed by atoms with E-state index in [1.807, 2.05) is 5.32 Å². The number of hydrogen-bond acceptors (Lipinski definition) is 4. The van der Waals surface area contributed by atoms with Gasteiger partial charge in [-0.05, 0) is 6.07 Å². The predicted molar refractivity (Wildman–Crippen MR) is 59.1 cm³/mol. The van der Waals surface area contributed by atoms with Crippen molar-refractivity contribution >= 4 is 29.1 Å². The molecule has 1 rings (SSSR count). The number of rotatable bonds is 3. The largest absolute Gasteiger partial charge is 0.440 e. The summed E-state index contributed by atoms with van der Waals surface area (Å²) < 4.78 is 39.2. The lowest BCUT2D eigenvalue weighted by molar-refractivity contribution is -0.384. The number of non-ortho nitro benzene ring substituents is 1. The highest BCUT2D eigenvalue weighted by Gasteiger charge is 2.29. The van der Waals surface area contributed by atoms with Gasteiger partial charge in [-0.15, -0.1) is 0 Å². The van der Waals surface area contributed by atoms with Crippen molar-refractivity contribution in [1.82, 2.24) is 0 Å². The van der Waals surface area contributed by atoms with Gasteiger partial charge in [0.25, 0.3) is 5.69 Å². The maximum absolute atomic E-state index is 11.8. The van der Waals surface area contributed by atoms with Gasteiger partial charge < -0.3 is 4.74 Å². The highest BCUT2D eigenvalue weighted by atomic mass is 35.5. The van der Waals surface area contributed by atoms with Crippen molar-refractivity contribution in [2.75, 3.05) is 11.9 Å². The Morgan fingerprint density at radius 2 is 2.11 bits per heavy atom. The Bertz CT molecular complexity index is 507. The highest BCUT2D eigenvalue weighted by molar-refractivity contribution is 6.33. The molecule has 0 unspecified atom stereocenters. The number of alkyl halides is 3. The Morgan fingerprint density at radius 3 is 2.63 bits per heavy atom. The fraction of sp³-hybridized carbons (Fsp3) is 0.222. The molecule has 1 aromatic carbocycles. The van der Waals surface area contributed by atoms with Crippen LogP contribution < -0.4 is 5.32 Å². The molecule has 0 aliphatic carbocycles. The van der Waals surface area contributed by atoms with E-state index in [4.69, 9.17) is 11.6 Å². The predicted octanol–water partition coefficient (Wildman–Crippen LogP) is 3.36. The van der Waals surface area contributed by atoms with Crippen molar-refractivity contribution in [2.45, 2.75) is 6.18 Å². The number of hydrogen-bond donors (Lipinski definition) is 1. The van der Waals surface area contributed by atoms with Crippen LogP contribution in [0.4, 0.5) is 29.3 Å². The Balaban J connectivity index is 2.73. The van der Waals surface area contributed by atoms with Gasteiger partial charge in [-0.3, -0.25) is 15.4 Å². The fourth-order valence-corrected chi connectivity index (χ4v) is 1.18. The molecule has 0 aliphatic heterocycles. The zero-order valence-electron chi connectivity index (χ0n) is 9.03. The normalized spacial score (nSPS) is 10.9. The number of carbonyl (C=O) groups excluding carboxylic acids is 1. The average Bonchev–Trinajstić information content (AvgIpc) is 2.28. The van der Waals surface area contributed by atoms with Crippen LogP contribution in [0.3, 0.4) is 0 Å². The van der Waals surface area contributed by atoms with Gasteiger partial charge in [0.05, 0.1) is 15.6 Å². The summed E-state index contributed by atoms with van der Waals surface area (Å²) in [5, 5.41) is 12.3. The second-order valence-corrected chi connectivity index (χ2v) is 3.64. The van der Waals surface area contributed by atoms with Gasteiger partial charge in [-0.25, -0.2) is 4.79 Å². The van der Waals surface area contributed by atoms with Crippen LogP contribution in [0.15, 0.2) is 18.2 Å². The summed E-state index contributed by atoms with van der Waals surface area (Å²) >= 11 is 5.62. The molecular formula is C9H6ClF3N2O4. The summed E-state index contributed by atoms with van der Waals surface area (Å²) in [5.41, 5.74) is -0.599. The Kier molecular flexibility index (Phi) is 4.54. The first-order valence-electron chi connectivity index (χ1n) is 4.63. The van der Waals surface area contributed by atoms with Crippen LogP contribution in [-0.2, 0) is 4.74 Å². The van der Waals surface area contributed by atoms with Crippen LogP contribution in [0.2, 0.25) is 5.02 Å². The van der Waals surface area contributed by atoms with Crippen molar-refractivity contribution in [3.8, 4) is 0 Å². The molecule has 19 heavy (non-hydrogen) atoms. The Morgan fingerprint density at radius 1 is 1.47 bits per heavy atom. The van der Waals surface area contributed by atoms with Gasteiger partial charge in [0.15, 0.2) is 6.61 Å². The molecule has 0 radical (unpaired) electrons. The van der Waals surface area contributed by atoms with Crippen LogP contribution in [0.25, 0.3) is 0 Å². The number of anilines is 1. The molecule has 0 saturated heterocycles. The number of benzene rings is 1. The third-order valence-corrected chi connectivity index (χ3v) is 2.09. The molecule has 1 N–H and O–H groups in total. The van der Waals surface area contributed by atoms with Crippen LogP contribution in [0, 0.1) is 10.1 Å². The van der Waals surface area contributed by atoms with E-state index in [1.54, 1.807) is 0 Å². The molecule has 0 bridgehead atoms. The highest BCUT2D eigenvalue weighted by Crippen LogP contribution is 2.27. The topological polar surface area (TPSA) is 81.5 Å². The number of nitrogens with zero attached hydrogens (tertiary/aromatic N) is 1. The molecule has 0 spiro atoms. The smallest absolute Gasteiger partial charge is 0.422 e. The van der Waals surface area contributed by atoms with E-state index in [0.717, 1.165) is 18.2 Å². The summed E-state index contributed by atoms with van der Waals surface area (Å²) in [6, 6.07) is 3.10. The minimum absolute atomic E-state index is 0.0745. The number of halogens is 4. The minimum atomic E-state index is -4.66. The third kappa shape index (κ3) is 5.00. The van der Waals surface area contributed by atoms with Gasteiger partial charge in [0, 0.05) is 12.1 Å². The third-order valence-electron chi connectivity index (χ3n) is 1.76. The standard InChI is InChI=1S/C9H6ClF3N2O4/c10-6-2-1-5(15(17)18)3-7(6)14-8(16)19-4-9(11,12)13/h1-3H,4H2,(H,14,16). The van der Waals surface area contributed by atoms with Crippen LogP contribution >= 0.6 is 11.6 Å². The van der Waals surface area contributed by atoms with Crippen molar-refractivity contribution in [1.29, 1.82) is 0 Å². The second-order valence-electron chi connectivity index (χ2n) is 3.24. The van der Waals surface area contributed by atoms with Gasteiger partial charge in [-0.2, -0.15) is 13.2 Å². The molecule has 1 amide bonds. The Labute approximate surface area is 109 Å². The van der Waals surface area contributed by atoms with E-state index >= 15 is 0 Å². The summed E-state index contributed by atoms with van der Waals surface area (Å²) in [4.78, 5) is 20.8. The van der Waals surface area contributed by atoms with Gasteiger partial charge in [0.2, 0.25) is 0 Å². The molecule has 0 aromatic heterocycles. The maximum Gasteiger partial charge on any atom is 0.422 e. The zero-order chi connectivity index (χ0) is 14.6.